The summed E-state index contributed by atoms with van der Waals surface area (Å²) in [5.41, 5.74) is 0.449. The number of Topliss-reactive ketones (excluding diaryl/α,β-unsaturated/α-hetero) is 1. The lowest BCUT2D eigenvalue weighted by molar-refractivity contribution is -0.140. The van der Waals surface area contributed by atoms with E-state index in [1.807, 2.05) is 24.3 Å². The van der Waals surface area contributed by atoms with Crippen molar-refractivity contribution in [1.29, 1.82) is 0 Å². The Hall–Kier alpha value is -2.89. The van der Waals surface area contributed by atoms with Gasteiger partial charge in [-0.05, 0) is 41.8 Å². The van der Waals surface area contributed by atoms with Crippen molar-refractivity contribution >= 4 is 28.2 Å². The molecule has 6 heteroatoms. The maximum absolute atomic E-state index is 12.5. The Kier molecular flexibility index (Phi) is 5.89. The highest BCUT2D eigenvalue weighted by Gasteiger charge is 2.16. The molecular formula is C18H19NO5. The molecule has 2 aromatic rings. The maximum atomic E-state index is 12.5. The zero-order valence-corrected chi connectivity index (χ0v) is 13.6. The van der Waals surface area contributed by atoms with Gasteiger partial charge in [0.15, 0.2) is 0 Å². The third-order valence-corrected chi connectivity index (χ3v) is 3.71. The molecule has 126 valence electrons. The number of carbonyl (C=O) groups is 2. The van der Waals surface area contributed by atoms with Crippen LogP contribution in [0, 0.1) is 0 Å². The molecule has 0 unspecified atom stereocenters. The minimum atomic E-state index is -0.362. The van der Waals surface area contributed by atoms with E-state index in [2.05, 4.69) is 9.89 Å². The zero-order chi connectivity index (χ0) is 17.5. The first kappa shape index (κ1) is 17.5. The molecule has 2 aromatic carbocycles. The number of esters is 1. The predicted molar refractivity (Wildman–Crippen MR) is 89.9 cm³/mol. The lowest BCUT2D eigenvalue weighted by atomic mass is 9.99. The van der Waals surface area contributed by atoms with Crippen LogP contribution in [0.2, 0.25) is 0 Å². The van der Waals surface area contributed by atoms with Gasteiger partial charge >= 0.3 is 5.97 Å². The van der Waals surface area contributed by atoms with Crippen LogP contribution in [-0.4, -0.2) is 36.9 Å². The number of hydrogen-bond donors (Lipinski definition) is 1. The van der Waals surface area contributed by atoms with E-state index in [0.29, 0.717) is 12.0 Å². The van der Waals surface area contributed by atoms with Crippen LogP contribution in [-0.2, 0) is 9.53 Å². The Morgan fingerprint density at radius 3 is 2.42 bits per heavy atom. The number of oxime groups is 1. The lowest BCUT2D eigenvalue weighted by Gasteiger charge is -2.06. The van der Waals surface area contributed by atoms with Crippen molar-refractivity contribution in [3.8, 4) is 5.75 Å². The summed E-state index contributed by atoms with van der Waals surface area (Å²) in [6, 6.07) is 10.8. The number of fused-ring (bicyclic) bond motifs is 1. The van der Waals surface area contributed by atoms with E-state index >= 15 is 0 Å². The molecular weight excluding hydrogens is 310 g/mol. The molecule has 24 heavy (non-hydrogen) atoms. The molecule has 0 aliphatic carbocycles. The number of carbonyl (C=O) groups excluding carboxylic acids is 2. The van der Waals surface area contributed by atoms with Crippen molar-refractivity contribution < 1.29 is 24.3 Å². The first-order valence-corrected chi connectivity index (χ1v) is 7.49. The summed E-state index contributed by atoms with van der Waals surface area (Å²) in [4.78, 5) is 23.6. The van der Waals surface area contributed by atoms with Crippen molar-refractivity contribution in [2.45, 2.75) is 19.3 Å². The minimum absolute atomic E-state index is 0.0202. The molecule has 0 bridgehead atoms. The second-order valence-corrected chi connectivity index (χ2v) is 5.23. The topological polar surface area (TPSA) is 85.2 Å². The smallest absolute Gasteiger partial charge is 0.305 e. The van der Waals surface area contributed by atoms with Crippen molar-refractivity contribution in [3.05, 3.63) is 42.0 Å². The quantitative estimate of drug-likeness (QED) is 0.277. The number of methoxy groups -OCH3 is 2. The van der Waals surface area contributed by atoms with Crippen molar-refractivity contribution in [2.24, 2.45) is 5.16 Å². The van der Waals surface area contributed by atoms with Crippen LogP contribution in [0.15, 0.2) is 41.6 Å². The molecule has 6 nitrogen and oxygen atoms in total. The van der Waals surface area contributed by atoms with E-state index in [9.17, 15) is 9.59 Å². The number of benzene rings is 2. The summed E-state index contributed by atoms with van der Waals surface area (Å²) in [5.74, 6) is 0.0153. The standard InChI is InChI=1S/C18H19NO5/c1-23-15-9-8-12-10-14(7-6-13(12)11-15)18(21)16(19-22)4-3-5-17(20)24-2/h6-11,22H,3-5H2,1-2H3/b19-16+. The summed E-state index contributed by atoms with van der Waals surface area (Å²) in [6.07, 6.45) is 0.744. The molecule has 0 aromatic heterocycles. The SMILES string of the molecule is COC(=O)CCC/C(=N\O)C(=O)c1ccc2cc(OC)ccc2c1. The lowest BCUT2D eigenvalue weighted by Crippen LogP contribution is -2.15. The van der Waals surface area contributed by atoms with Gasteiger partial charge in [0.05, 0.1) is 14.2 Å². The highest BCUT2D eigenvalue weighted by atomic mass is 16.5. The van der Waals surface area contributed by atoms with Crippen molar-refractivity contribution in [1.82, 2.24) is 0 Å². The Bertz CT molecular complexity index is 782. The number of ketones is 1. The summed E-state index contributed by atoms with van der Waals surface area (Å²) >= 11 is 0. The molecule has 0 heterocycles. The fraction of sp³-hybridized carbons (Fsp3) is 0.278. The monoisotopic (exact) mass is 329 g/mol. The van der Waals surface area contributed by atoms with Crippen LogP contribution in [0.1, 0.15) is 29.6 Å². The third kappa shape index (κ3) is 4.10. The Balaban J connectivity index is 2.15. The molecule has 0 fully saturated rings. The van der Waals surface area contributed by atoms with E-state index in [-0.39, 0.29) is 30.3 Å². The van der Waals surface area contributed by atoms with Gasteiger partial charge in [0.25, 0.3) is 0 Å². The van der Waals surface area contributed by atoms with Crippen LogP contribution in [0.3, 0.4) is 0 Å². The first-order chi connectivity index (χ1) is 11.6. The van der Waals surface area contributed by atoms with Gasteiger partial charge < -0.3 is 14.7 Å². The van der Waals surface area contributed by atoms with Gasteiger partial charge in [-0.15, -0.1) is 0 Å². The number of ether oxygens (including phenoxy) is 2. The van der Waals surface area contributed by atoms with Gasteiger partial charge in [-0.25, -0.2) is 0 Å². The molecule has 0 saturated carbocycles. The first-order valence-electron chi connectivity index (χ1n) is 7.49. The van der Waals surface area contributed by atoms with Gasteiger partial charge in [-0.3, -0.25) is 9.59 Å². The molecule has 2 rings (SSSR count). The van der Waals surface area contributed by atoms with E-state index < -0.39 is 0 Å². The molecule has 0 atom stereocenters. The predicted octanol–water partition coefficient (Wildman–Crippen LogP) is 3.20. The number of nitrogens with zero attached hydrogens (tertiary/aromatic N) is 1. The zero-order valence-electron chi connectivity index (χ0n) is 13.6. The van der Waals surface area contributed by atoms with Gasteiger partial charge in [-0.2, -0.15) is 0 Å². The van der Waals surface area contributed by atoms with E-state index in [1.165, 1.54) is 7.11 Å². The van der Waals surface area contributed by atoms with Gasteiger partial charge in [0.1, 0.15) is 11.5 Å². The summed E-state index contributed by atoms with van der Waals surface area (Å²) in [5, 5.41) is 14.0. The maximum Gasteiger partial charge on any atom is 0.305 e. The van der Waals surface area contributed by atoms with Crippen molar-refractivity contribution in [2.75, 3.05) is 14.2 Å². The third-order valence-electron chi connectivity index (χ3n) is 3.71. The van der Waals surface area contributed by atoms with Crippen LogP contribution in [0.25, 0.3) is 10.8 Å². The van der Waals surface area contributed by atoms with Gasteiger partial charge in [0, 0.05) is 12.0 Å². The fourth-order valence-corrected chi connectivity index (χ4v) is 2.37. The Labute approximate surface area is 139 Å². The molecule has 0 aliphatic rings. The Morgan fingerprint density at radius 1 is 1.04 bits per heavy atom. The van der Waals surface area contributed by atoms with E-state index in [0.717, 1.165) is 16.5 Å². The van der Waals surface area contributed by atoms with Crippen LogP contribution in [0.5, 0.6) is 5.75 Å². The van der Waals surface area contributed by atoms with Crippen molar-refractivity contribution in [3.63, 3.8) is 0 Å². The summed E-state index contributed by atoms with van der Waals surface area (Å²) < 4.78 is 9.71. The van der Waals surface area contributed by atoms with Crippen LogP contribution in [0.4, 0.5) is 0 Å². The largest absolute Gasteiger partial charge is 0.497 e. The molecule has 1 N–H and O–H groups in total. The van der Waals surface area contributed by atoms with Crippen LogP contribution >= 0.6 is 0 Å². The van der Waals surface area contributed by atoms with E-state index in [1.54, 1.807) is 19.2 Å². The van der Waals surface area contributed by atoms with Gasteiger partial charge in [0.2, 0.25) is 5.78 Å². The van der Waals surface area contributed by atoms with Crippen LogP contribution < -0.4 is 4.74 Å². The molecule has 0 radical (unpaired) electrons. The summed E-state index contributed by atoms with van der Waals surface area (Å²) in [6.45, 7) is 0. The Morgan fingerprint density at radius 2 is 1.75 bits per heavy atom. The second-order valence-electron chi connectivity index (χ2n) is 5.23. The highest BCUT2D eigenvalue weighted by Crippen LogP contribution is 2.22. The summed E-state index contributed by atoms with van der Waals surface area (Å²) in [7, 11) is 2.90. The molecule has 0 aliphatic heterocycles. The number of rotatable bonds is 7. The highest BCUT2D eigenvalue weighted by molar-refractivity contribution is 6.46. The average Bonchev–Trinajstić information content (AvgIpc) is 2.63. The second kappa shape index (κ2) is 8.10. The molecule has 0 spiro atoms. The minimum Gasteiger partial charge on any atom is -0.497 e. The average molecular weight is 329 g/mol. The number of hydrogen-bond acceptors (Lipinski definition) is 6. The van der Waals surface area contributed by atoms with Gasteiger partial charge in [-0.1, -0.05) is 23.4 Å². The van der Waals surface area contributed by atoms with E-state index in [4.69, 9.17) is 9.94 Å². The fourth-order valence-electron chi connectivity index (χ4n) is 2.37. The molecule has 0 amide bonds. The molecule has 0 saturated heterocycles. The normalized spacial score (nSPS) is 11.3.